The van der Waals surface area contributed by atoms with E-state index in [-0.39, 0.29) is 0 Å². The standard InChI is InChI=1S/C7H15ClO2Si/c1-9-11(10-2)7-4-3-6(8)5-7/h6-7,11H,3-5H2,1-2H3. The highest BCUT2D eigenvalue weighted by molar-refractivity contribution is 6.46. The molecule has 1 aliphatic rings. The van der Waals surface area contributed by atoms with E-state index in [0.717, 1.165) is 12.8 Å². The van der Waals surface area contributed by atoms with Gasteiger partial charge in [0.05, 0.1) is 0 Å². The molecule has 2 unspecified atom stereocenters. The van der Waals surface area contributed by atoms with Gasteiger partial charge in [0.15, 0.2) is 0 Å². The molecule has 0 bridgehead atoms. The van der Waals surface area contributed by atoms with Crippen molar-refractivity contribution in [1.29, 1.82) is 0 Å². The maximum atomic E-state index is 5.98. The Morgan fingerprint density at radius 1 is 1.27 bits per heavy atom. The second kappa shape index (κ2) is 4.45. The van der Waals surface area contributed by atoms with Gasteiger partial charge in [-0.2, -0.15) is 0 Å². The Balaban J connectivity index is 2.34. The van der Waals surface area contributed by atoms with Crippen molar-refractivity contribution in [1.82, 2.24) is 0 Å². The van der Waals surface area contributed by atoms with Crippen LogP contribution in [0.4, 0.5) is 0 Å². The van der Waals surface area contributed by atoms with Gasteiger partial charge in [-0.3, -0.25) is 0 Å². The Labute approximate surface area is 74.7 Å². The van der Waals surface area contributed by atoms with Crippen molar-refractivity contribution in [2.75, 3.05) is 14.2 Å². The summed E-state index contributed by atoms with van der Waals surface area (Å²) in [4.78, 5) is 0. The smallest absolute Gasteiger partial charge is 0.324 e. The normalized spacial score (nSPS) is 31.6. The largest absolute Gasteiger partial charge is 0.400 e. The summed E-state index contributed by atoms with van der Waals surface area (Å²) in [6, 6.07) is 0. The second-order valence-electron chi connectivity index (χ2n) is 3.01. The number of alkyl halides is 1. The van der Waals surface area contributed by atoms with Crippen LogP contribution in [0.1, 0.15) is 19.3 Å². The molecule has 0 heterocycles. The van der Waals surface area contributed by atoms with E-state index in [1.165, 1.54) is 6.42 Å². The molecule has 2 nitrogen and oxygen atoms in total. The molecular weight excluding hydrogens is 180 g/mol. The molecule has 11 heavy (non-hydrogen) atoms. The predicted octanol–water partition coefficient (Wildman–Crippen LogP) is 1.66. The summed E-state index contributed by atoms with van der Waals surface area (Å²) in [6.07, 6.45) is 3.40. The highest BCUT2D eigenvalue weighted by Crippen LogP contribution is 2.36. The Hall–Kier alpha value is 0.427. The average Bonchev–Trinajstić information content (AvgIpc) is 2.39. The fraction of sp³-hybridized carbons (Fsp3) is 1.00. The lowest BCUT2D eigenvalue weighted by molar-refractivity contribution is 0.265. The molecule has 1 saturated carbocycles. The van der Waals surface area contributed by atoms with Crippen molar-refractivity contribution < 1.29 is 8.85 Å². The molecule has 0 aliphatic heterocycles. The molecule has 0 aromatic rings. The Morgan fingerprint density at radius 2 is 1.91 bits per heavy atom. The molecule has 1 aliphatic carbocycles. The van der Waals surface area contributed by atoms with Crippen LogP contribution in [0.3, 0.4) is 0 Å². The first kappa shape index (κ1) is 9.51. The third kappa shape index (κ3) is 2.44. The van der Waals surface area contributed by atoms with Gasteiger partial charge >= 0.3 is 9.28 Å². The summed E-state index contributed by atoms with van der Waals surface area (Å²) in [6.45, 7) is 0. The summed E-state index contributed by atoms with van der Waals surface area (Å²) < 4.78 is 10.6. The Kier molecular flexibility index (Phi) is 3.85. The lowest BCUT2D eigenvalue weighted by atomic mass is 10.4. The minimum Gasteiger partial charge on any atom is -0.400 e. The first-order valence-corrected chi connectivity index (χ1v) is 6.02. The monoisotopic (exact) mass is 194 g/mol. The van der Waals surface area contributed by atoms with Crippen LogP contribution in [0.2, 0.25) is 5.54 Å². The molecule has 0 N–H and O–H groups in total. The van der Waals surface area contributed by atoms with Gasteiger partial charge in [-0.1, -0.05) is 0 Å². The zero-order chi connectivity index (χ0) is 8.27. The summed E-state index contributed by atoms with van der Waals surface area (Å²) in [5, 5.41) is 0.361. The number of rotatable bonds is 3. The van der Waals surface area contributed by atoms with Gasteiger partial charge in [0.1, 0.15) is 0 Å². The lowest BCUT2D eigenvalue weighted by Gasteiger charge is -2.16. The van der Waals surface area contributed by atoms with Crippen LogP contribution in [-0.2, 0) is 8.85 Å². The van der Waals surface area contributed by atoms with Crippen molar-refractivity contribution in [2.45, 2.75) is 30.2 Å². The summed E-state index contributed by atoms with van der Waals surface area (Å²) >= 11 is 5.98. The lowest BCUT2D eigenvalue weighted by Crippen LogP contribution is -2.24. The molecular formula is C7H15ClO2Si. The molecule has 0 aromatic heterocycles. The highest BCUT2D eigenvalue weighted by atomic mass is 35.5. The third-order valence-electron chi connectivity index (χ3n) is 2.26. The van der Waals surface area contributed by atoms with Crippen LogP contribution < -0.4 is 0 Å². The minimum absolute atomic E-state index is 0.361. The van der Waals surface area contributed by atoms with E-state index in [2.05, 4.69) is 0 Å². The van der Waals surface area contributed by atoms with Crippen LogP contribution >= 0.6 is 11.6 Å². The van der Waals surface area contributed by atoms with E-state index in [9.17, 15) is 0 Å². The Morgan fingerprint density at radius 3 is 2.27 bits per heavy atom. The van der Waals surface area contributed by atoms with Gasteiger partial charge in [-0.25, -0.2) is 0 Å². The van der Waals surface area contributed by atoms with Gasteiger partial charge < -0.3 is 8.85 Å². The van der Waals surface area contributed by atoms with Crippen LogP contribution in [0.5, 0.6) is 0 Å². The van der Waals surface area contributed by atoms with Crippen LogP contribution in [0.15, 0.2) is 0 Å². The molecule has 0 spiro atoms. The highest BCUT2D eigenvalue weighted by Gasteiger charge is 2.31. The van der Waals surface area contributed by atoms with E-state index in [1.54, 1.807) is 14.2 Å². The molecule has 1 rings (SSSR count). The van der Waals surface area contributed by atoms with Crippen molar-refractivity contribution in [2.24, 2.45) is 0 Å². The van der Waals surface area contributed by atoms with Gasteiger partial charge in [0, 0.05) is 25.1 Å². The van der Waals surface area contributed by atoms with E-state index >= 15 is 0 Å². The van der Waals surface area contributed by atoms with E-state index in [4.69, 9.17) is 20.5 Å². The van der Waals surface area contributed by atoms with Gasteiger partial charge in [0.25, 0.3) is 0 Å². The fourth-order valence-corrected chi connectivity index (χ4v) is 4.19. The van der Waals surface area contributed by atoms with Crippen molar-refractivity contribution in [3.8, 4) is 0 Å². The van der Waals surface area contributed by atoms with Gasteiger partial charge in [-0.05, 0) is 19.3 Å². The molecule has 4 heteroatoms. The van der Waals surface area contributed by atoms with Crippen LogP contribution in [0.25, 0.3) is 0 Å². The molecule has 66 valence electrons. The fourth-order valence-electron chi connectivity index (χ4n) is 1.69. The molecule has 1 fully saturated rings. The van der Waals surface area contributed by atoms with Crippen LogP contribution in [0, 0.1) is 0 Å². The van der Waals surface area contributed by atoms with E-state index in [1.807, 2.05) is 0 Å². The van der Waals surface area contributed by atoms with Crippen molar-refractivity contribution in [3.63, 3.8) is 0 Å². The summed E-state index contributed by atoms with van der Waals surface area (Å²) in [5.74, 6) is 0. The average molecular weight is 195 g/mol. The number of halogens is 1. The first-order valence-electron chi connectivity index (χ1n) is 3.97. The summed E-state index contributed by atoms with van der Waals surface area (Å²) in [7, 11) is 2.11. The van der Waals surface area contributed by atoms with Crippen molar-refractivity contribution in [3.05, 3.63) is 0 Å². The number of hydrogen-bond acceptors (Lipinski definition) is 2. The van der Waals surface area contributed by atoms with Crippen LogP contribution in [-0.4, -0.2) is 28.9 Å². The van der Waals surface area contributed by atoms with E-state index < -0.39 is 9.28 Å². The molecule has 0 aromatic carbocycles. The van der Waals surface area contributed by atoms with E-state index in [0.29, 0.717) is 10.9 Å². The second-order valence-corrected chi connectivity index (χ2v) is 6.25. The zero-order valence-electron chi connectivity index (χ0n) is 7.05. The third-order valence-corrected chi connectivity index (χ3v) is 4.96. The summed E-state index contributed by atoms with van der Waals surface area (Å²) in [5.41, 5.74) is 0.632. The molecule has 0 amide bonds. The topological polar surface area (TPSA) is 18.5 Å². The quantitative estimate of drug-likeness (QED) is 0.503. The molecule has 2 atom stereocenters. The minimum atomic E-state index is -1.37. The first-order chi connectivity index (χ1) is 5.27. The predicted molar refractivity (Wildman–Crippen MR) is 48.4 cm³/mol. The van der Waals surface area contributed by atoms with Crippen molar-refractivity contribution >= 4 is 20.9 Å². The zero-order valence-corrected chi connectivity index (χ0v) is 8.96. The molecule has 0 saturated heterocycles. The maximum Gasteiger partial charge on any atom is 0.324 e. The van der Waals surface area contributed by atoms with Gasteiger partial charge in [-0.15, -0.1) is 11.6 Å². The van der Waals surface area contributed by atoms with Gasteiger partial charge in [0.2, 0.25) is 0 Å². The Bertz CT molecular complexity index is 119. The number of hydrogen-bond donors (Lipinski definition) is 0. The maximum absolute atomic E-state index is 5.98. The molecule has 0 radical (unpaired) electrons. The SMILES string of the molecule is CO[SiH](OC)C1CCC(Cl)C1.